The Bertz CT molecular complexity index is 659. The number of rotatable bonds is 4. The fourth-order valence-electron chi connectivity index (χ4n) is 1.88. The van der Waals surface area contributed by atoms with Crippen LogP contribution in [0.25, 0.3) is 0 Å². The first kappa shape index (κ1) is 15.2. The summed E-state index contributed by atoms with van der Waals surface area (Å²) in [4.78, 5) is 11.3. The predicted molar refractivity (Wildman–Crippen MR) is 87.5 cm³/mol. The summed E-state index contributed by atoms with van der Waals surface area (Å²) in [5.41, 5.74) is 3.47. The van der Waals surface area contributed by atoms with Crippen LogP contribution in [-0.2, 0) is 13.6 Å². The molecule has 110 valence electrons. The van der Waals surface area contributed by atoms with Gasteiger partial charge in [0.1, 0.15) is 0 Å². The van der Waals surface area contributed by atoms with Crippen molar-refractivity contribution in [3.05, 3.63) is 47.3 Å². The molecule has 0 aliphatic heterocycles. The molecule has 0 saturated carbocycles. The zero-order valence-corrected chi connectivity index (χ0v) is 13.1. The monoisotopic (exact) mass is 302 g/mol. The number of aryl methyl sites for hydroxylation is 2. The zero-order chi connectivity index (χ0) is 15.4. The van der Waals surface area contributed by atoms with Gasteiger partial charge in [-0.2, -0.15) is 5.10 Å². The first-order chi connectivity index (χ1) is 9.95. The third-order valence-corrected chi connectivity index (χ3v) is 3.37. The molecule has 0 bridgehead atoms. The van der Waals surface area contributed by atoms with Gasteiger partial charge in [-0.05, 0) is 44.3 Å². The van der Waals surface area contributed by atoms with Crippen LogP contribution in [0.1, 0.15) is 28.7 Å². The van der Waals surface area contributed by atoms with Gasteiger partial charge in [0.25, 0.3) is 0 Å². The normalized spacial score (nSPS) is 10.2. The van der Waals surface area contributed by atoms with Crippen molar-refractivity contribution in [1.29, 1.82) is 0 Å². The van der Waals surface area contributed by atoms with Gasteiger partial charge in [0.2, 0.25) is 0 Å². The summed E-state index contributed by atoms with van der Waals surface area (Å²) in [6, 6.07) is 9.25. The van der Waals surface area contributed by atoms with Crippen LogP contribution >= 0.6 is 12.2 Å². The molecule has 1 aromatic carbocycles. The van der Waals surface area contributed by atoms with E-state index in [1.807, 2.05) is 36.9 Å². The van der Waals surface area contributed by atoms with Crippen LogP contribution in [0.5, 0.6) is 0 Å². The van der Waals surface area contributed by atoms with Gasteiger partial charge in [-0.15, -0.1) is 0 Å². The Morgan fingerprint density at radius 2 is 2.14 bits per heavy atom. The number of hydrogen-bond acceptors (Lipinski definition) is 3. The molecule has 0 amide bonds. The molecule has 2 aromatic rings. The number of carbonyl (C=O) groups is 1. The number of nitrogens with zero attached hydrogens (tertiary/aromatic N) is 2. The molecule has 0 saturated heterocycles. The van der Waals surface area contributed by atoms with Crippen LogP contribution in [0.2, 0.25) is 0 Å². The van der Waals surface area contributed by atoms with Crippen LogP contribution < -0.4 is 10.6 Å². The summed E-state index contributed by atoms with van der Waals surface area (Å²) >= 11 is 5.24. The maximum atomic E-state index is 11.3. The number of benzene rings is 1. The summed E-state index contributed by atoms with van der Waals surface area (Å²) in [5.74, 6) is 0.0292. The molecule has 5 nitrogen and oxygen atoms in total. The average molecular weight is 302 g/mol. The lowest BCUT2D eigenvalue weighted by Crippen LogP contribution is -2.28. The van der Waals surface area contributed by atoms with Gasteiger partial charge >= 0.3 is 0 Å². The molecular weight excluding hydrogens is 284 g/mol. The molecule has 0 unspecified atom stereocenters. The first-order valence-electron chi connectivity index (χ1n) is 6.61. The molecule has 21 heavy (non-hydrogen) atoms. The van der Waals surface area contributed by atoms with Crippen molar-refractivity contribution in [1.82, 2.24) is 15.1 Å². The minimum absolute atomic E-state index is 0.0292. The van der Waals surface area contributed by atoms with Gasteiger partial charge < -0.3 is 10.6 Å². The molecule has 0 spiro atoms. The Morgan fingerprint density at radius 3 is 2.76 bits per heavy atom. The highest BCUT2D eigenvalue weighted by molar-refractivity contribution is 7.80. The van der Waals surface area contributed by atoms with E-state index in [2.05, 4.69) is 15.7 Å². The Labute approximate surface area is 129 Å². The Hall–Kier alpha value is -2.21. The van der Waals surface area contributed by atoms with E-state index >= 15 is 0 Å². The summed E-state index contributed by atoms with van der Waals surface area (Å²) < 4.78 is 1.82. The molecule has 1 aromatic heterocycles. The van der Waals surface area contributed by atoms with E-state index in [4.69, 9.17) is 12.2 Å². The average Bonchev–Trinajstić information content (AvgIpc) is 2.76. The summed E-state index contributed by atoms with van der Waals surface area (Å²) in [6.45, 7) is 4.10. The summed E-state index contributed by atoms with van der Waals surface area (Å²) in [6.07, 6.45) is 0. The highest BCUT2D eigenvalue weighted by atomic mass is 32.1. The molecule has 6 heteroatoms. The molecule has 0 aliphatic carbocycles. The smallest absolute Gasteiger partial charge is 0.171 e. The first-order valence-corrected chi connectivity index (χ1v) is 7.02. The maximum absolute atomic E-state index is 11.3. The Kier molecular flexibility index (Phi) is 4.70. The molecule has 0 aliphatic rings. The summed E-state index contributed by atoms with van der Waals surface area (Å²) in [5, 5.41) is 11.0. The molecule has 0 atom stereocenters. The van der Waals surface area contributed by atoms with E-state index in [0.717, 1.165) is 17.1 Å². The largest absolute Gasteiger partial charge is 0.357 e. The van der Waals surface area contributed by atoms with E-state index in [0.29, 0.717) is 17.2 Å². The van der Waals surface area contributed by atoms with Gasteiger partial charge in [-0.1, -0.05) is 12.1 Å². The van der Waals surface area contributed by atoms with Crippen molar-refractivity contribution in [2.45, 2.75) is 20.4 Å². The van der Waals surface area contributed by atoms with E-state index in [9.17, 15) is 4.79 Å². The van der Waals surface area contributed by atoms with Gasteiger partial charge in [-0.25, -0.2) is 0 Å². The number of anilines is 1. The third-order valence-electron chi connectivity index (χ3n) is 3.12. The van der Waals surface area contributed by atoms with Gasteiger partial charge in [0.05, 0.1) is 12.2 Å². The molecule has 1 heterocycles. The molecule has 2 N–H and O–H groups in total. The minimum atomic E-state index is 0.0292. The third kappa shape index (κ3) is 4.13. The maximum Gasteiger partial charge on any atom is 0.171 e. The molecule has 0 radical (unpaired) electrons. The molecular formula is C15H18N4OS. The number of carbonyl (C=O) groups excluding carboxylic acids is 1. The highest BCUT2D eigenvalue weighted by Crippen LogP contribution is 2.11. The van der Waals surface area contributed by atoms with Gasteiger partial charge in [-0.3, -0.25) is 9.48 Å². The van der Waals surface area contributed by atoms with Crippen LogP contribution in [0.4, 0.5) is 5.69 Å². The number of thiocarbonyl (C=S) groups is 1. The van der Waals surface area contributed by atoms with Crippen LogP contribution in [-0.4, -0.2) is 20.7 Å². The van der Waals surface area contributed by atoms with Crippen LogP contribution in [0, 0.1) is 6.92 Å². The number of ketones is 1. The van der Waals surface area contributed by atoms with E-state index in [1.54, 1.807) is 19.1 Å². The number of aromatic nitrogens is 2. The lowest BCUT2D eigenvalue weighted by atomic mass is 10.1. The van der Waals surface area contributed by atoms with Crippen molar-refractivity contribution in [3.63, 3.8) is 0 Å². The zero-order valence-electron chi connectivity index (χ0n) is 12.3. The second-order valence-corrected chi connectivity index (χ2v) is 5.25. The van der Waals surface area contributed by atoms with Crippen molar-refractivity contribution < 1.29 is 4.79 Å². The number of nitrogens with one attached hydrogen (secondary N) is 2. The lowest BCUT2D eigenvalue weighted by molar-refractivity contribution is 0.101. The second kappa shape index (κ2) is 6.49. The molecule has 0 fully saturated rings. The quantitative estimate of drug-likeness (QED) is 0.671. The SMILES string of the molecule is CC(=O)c1cccc(NC(=S)NCc2cc(C)n(C)n2)c1. The van der Waals surface area contributed by atoms with E-state index in [-0.39, 0.29) is 5.78 Å². The Balaban J connectivity index is 1.92. The van der Waals surface area contributed by atoms with Gasteiger partial charge in [0, 0.05) is 24.0 Å². The number of hydrogen-bond donors (Lipinski definition) is 2. The predicted octanol–water partition coefficient (Wildman–Crippen LogP) is 2.42. The number of Topliss-reactive ketones (excluding diaryl/α,β-unsaturated/α-hetero) is 1. The molecule has 2 rings (SSSR count). The van der Waals surface area contributed by atoms with Crippen LogP contribution in [0.15, 0.2) is 30.3 Å². The van der Waals surface area contributed by atoms with E-state index < -0.39 is 0 Å². The van der Waals surface area contributed by atoms with Gasteiger partial charge in [0.15, 0.2) is 10.9 Å². The highest BCUT2D eigenvalue weighted by Gasteiger charge is 2.04. The van der Waals surface area contributed by atoms with Crippen molar-refractivity contribution in [3.8, 4) is 0 Å². The fraction of sp³-hybridized carbons (Fsp3) is 0.267. The van der Waals surface area contributed by atoms with Crippen LogP contribution in [0.3, 0.4) is 0 Å². The second-order valence-electron chi connectivity index (χ2n) is 4.85. The topological polar surface area (TPSA) is 59.0 Å². The van der Waals surface area contributed by atoms with Crippen molar-refractivity contribution >= 4 is 28.8 Å². The lowest BCUT2D eigenvalue weighted by Gasteiger charge is -2.10. The minimum Gasteiger partial charge on any atom is -0.357 e. The summed E-state index contributed by atoms with van der Waals surface area (Å²) in [7, 11) is 1.91. The Morgan fingerprint density at radius 1 is 1.38 bits per heavy atom. The van der Waals surface area contributed by atoms with Crippen molar-refractivity contribution in [2.75, 3.05) is 5.32 Å². The fourth-order valence-corrected chi connectivity index (χ4v) is 2.07. The van der Waals surface area contributed by atoms with Crippen molar-refractivity contribution in [2.24, 2.45) is 7.05 Å². The van der Waals surface area contributed by atoms with E-state index in [1.165, 1.54) is 0 Å². The standard InChI is InChI=1S/C15H18N4OS/c1-10-7-14(18-19(10)3)9-16-15(21)17-13-6-4-5-12(8-13)11(2)20/h4-8H,9H2,1-3H3,(H2,16,17,21).